The van der Waals surface area contributed by atoms with Gasteiger partial charge in [0.1, 0.15) is 5.60 Å². The SMILES string of the molecule is NCC1(O)CCCC1O. The van der Waals surface area contributed by atoms with Crippen LogP contribution in [0.5, 0.6) is 0 Å². The molecule has 0 aromatic heterocycles. The lowest BCUT2D eigenvalue weighted by molar-refractivity contribution is -0.0454. The monoisotopic (exact) mass is 131 g/mol. The largest absolute Gasteiger partial charge is 0.390 e. The summed E-state index contributed by atoms with van der Waals surface area (Å²) in [5, 5.41) is 18.5. The fraction of sp³-hybridized carbons (Fsp3) is 1.00. The highest BCUT2D eigenvalue weighted by Gasteiger charge is 2.38. The van der Waals surface area contributed by atoms with Crippen LogP contribution in [0, 0.1) is 0 Å². The lowest BCUT2D eigenvalue weighted by Crippen LogP contribution is -2.44. The van der Waals surface area contributed by atoms with Crippen molar-refractivity contribution in [3.05, 3.63) is 0 Å². The molecule has 1 fully saturated rings. The average Bonchev–Trinajstić information content (AvgIpc) is 2.15. The molecule has 3 nitrogen and oxygen atoms in total. The van der Waals surface area contributed by atoms with E-state index in [0.717, 1.165) is 6.42 Å². The minimum absolute atomic E-state index is 0.175. The summed E-state index contributed by atoms with van der Waals surface area (Å²) in [6.07, 6.45) is 1.62. The van der Waals surface area contributed by atoms with Crippen LogP contribution in [0.4, 0.5) is 0 Å². The number of rotatable bonds is 1. The maximum atomic E-state index is 9.39. The summed E-state index contributed by atoms with van der Waals surface area (Å²) in [6.45, 7) is 0.175. The fourth-order valence-electron chi connectivity index (χ4n) is 1.27. The van der Waals surface area contributed by atoms with Crippen LogP contribution in [-0.2, 0) is 0 Å². The number of nitrogens with two attached hydrogens (primary N) is 1. The van der Waals surface area contributed by atoms with E-state index in [2.05, 4.69) is 0 Å². The molecule has 54 valence electrons. The van der Waals surface area contributed by atoms with Gasteiger partial charge < -0.3 is 15.9 Å². The molecule has 1 aliphatic carbocycles. The zero-order chi connectivity index (χ0) is 6.91. The van der Waals surface area contributed by atoms with Crippen molar-refractivity contribution in [2.45, 2.75) is 31.0 Å². The van der Waals surface area contributed by atoms with Crippen LogP contribution in [-0.4, -0.2) is 28.5 Å². The van der Waals surface area contributed by atoms with Crippen molar-refractivity contribution in [2.24, 2.45) is 5.73 Å². The van der Waals surface area contributed by atoms with Gasteiger partial charge in [-0.25, -0.2) is 0 Å². The van der Waals surface area contributed by atoms with Crippen molar-refractivity contribution in [1.82, 2.24) is 0 Å². The van der Waals surface area contributed by atoms with Gasteiger partial charge in [0.05, 0.1) is 6.10 Å². The number of hydrogen-bond acceptors (Lipinski definition) is 3. The molecule has 1 aliphatic rings. The Balaban J connectivity index is 2.56. The third-order valence-electron chi connectivity index (χ3n) is 2.06. The first-order valence-corrected chi connectivity index (χ1v) is 3.29. The molecule has 0 heterocycles. The summed E-state index contributed by atoms with van der Waals surface area (Å²) in [6, 6.07) is 0. The third kappa shape index (κ3) is 1.08. The van der Waals surface area contributed by atoms with Crippen molar-refractivity contribution in [3.63, 3.8) is 0 Å². The first kappa shape index (κ1) is 6.99. The smallest absolute Gasteiger partial charge is 0.103 e. The normalized spacial score (nSPS) is 43.7. The van der Waals surface area contributed by atoms with Gasteiger partial charge in [-0.3, -0.25) is 0 Å². The van der Waals surface area contributed by atoms with Crippen LogP contribution in [0.15, 0.2) is 0 Å². The molecule has 9 heavy (non-hydrogen) atoms. The first-order chi connectivity index (χ1) is 4.19. The molecule has 1 rings (SSSR count). The van der Waals surface area contributed by atoms with Gasteiger partial charge in [-0.05, 0) is 19.3 Å². The van der Waals surface area contributed by atoms with Crippen molar-refractivity contribution in [1.29, 1.82) is 0 Å². The van der Waals surface area contributed by atoms with E-state index in [1.807, 2.05) is 0 Å². The Morgan fingerprint density at radius 2 is 2.33 bits per heavy atom. The van der Waals surface area contributed by atoms with Gasteiger partial charge in [0.15, 0.2) is 0 Å². The predicted octanol–water partition coefficient (Wildman–Crippen LogP) is -0.779. The lowest BCUT2D eigenvalue weighted by atomic mass is 10.0. The quantitative estimate of drug-likeness (QED) is 0.437. The van der Waals surface area contributed by atoms with E-state index in [1.165, 1.54) is 0 Å². The standard InChI is InChI=1S/C6H13NO2/c7-4-6(9)3-1-2-5(6)8/h5,8-9H,1-4,7H2. The second kappa shape index (κ2) is 2.25. The molecule has 4 N–H and O–H groups in total. The van der Waals surface area contributed by atoms with Crippen LogP contribution < -0.4 is 5.73 Å². The number of aliphatic hydroxyl groups is 2. The summed E-state index contributed by atoms with van der Waals surface area (Å²) in [5.74, 6) is 0. The van der Waals surface area contributed by atoms with Gasteiger partial charge in [-0.15, -0.1) is 0 Å². The van der Waals surface area contributed by atoms with Gasteiger partial charge >= 0.3 is 0 Å². The van der Waals surface area contributed by atoms with E-state index in [0.29, 0.717) is 12.8 Å². The second-order valence-electron chi connectivity index (χ2n) is 2.72. The predicted molar refractivity (Wildman–Crippen MR) is 33.9 cm³/mol. The molecule has 0 spiro atoms. The van der Waals surface area contributed by atoms with Crippen molar-refractivity contribution in [3.8, 4) is 0 Å². The Morgan fingerprint density at radius 3 is 2.56 bits per heavy atom. The van der Waals surface area contributed by atoms with Gasteiger partial charge in [0.25, 0.3) is 0 Å². The third-order valence-corrected chi connectivity index (χ3v) is 2.06. The van der Waals surface area contributed by atoms with Gasteiger partial charge in [-0.1, -0.05) is 0 Å². The highest BCUT2D eigenvalue weighted by molar-refractivity contribution is 4.92. The minimum Gasteiger partial charge on any atom is -0.390 e. The molecule has 1 saturated carbocycles. The van der Waals surface area contributed by atoms with E-state index in [4.69, 9.17) is 10.8 Å². The molecule has 0 radical (unpaired) electrons. The molecule has 0 amide bonds. The van der Waals surface area contributed by atoms with Crippen LogP contribution in [0.1, 0.15) is 19.3 Å². The zero-order valence-corrected chi connectivity index (χ0v) is 5.38. The molecule has 3 heteroatoms. The highest BCUT2D eigenvalue weighted by Crippen LogP contribution is 2.28. The molecule has 0 bridgehead atoms. The zero-order valence-electron chi connectivity index (χ0n) is 5.38. The summed E-state index contributed by atoms with van der Waals surface area (Å²) in [7, 11) is 0. The van der Waals surface area contributed by atoms with E-state index in [-0.39, 0.29) is 6.54 Å². The Hall–Kier alpha value is -0.120. The van der Waals surface area contributed by atoms with E-state index in [9.17, 15) is 5.11 Å². The number of hydrogen-bond donors (Lipinski definition) is 3. The first-order valence-electron chi connectivity index (χ1n) is 3.29. The number of aliphatic hydroxyl groups excluding tert-OH is 1. The molecular weight excluding hydrogens is 118 g/mol. The Labute approximate surface area is 54.5 Å². The second-order valence-corrected chi connectivity index (χ2v) is 2.72. The Bertz CT molecular complexity index is 107. The lowest BCUT2D eigenvalue weighted by Gasteiger charge is -2.23. The van der Waals surface area contributed by atoms with Crippen molar-refractivity contribution >= 4 is 0 Å². The maximum absolute atomic E-state index is 9.39. The van der Waals surface area contributed by atoms with Gasteiger partial charge in [0, 0.05) is 6.54 Å². The topological polar surface area (TPSA) is 66.5 Å². The average molecular weight is 131 g/mol. The maximum Gasteiger partial charge on any atom is 0.103 e. The summed E-state index contributed by atoms with van der Waals surface area (Å²) < 4.78 is 0. The van der Waals surface area contributed by atoms with Crippen LogP contribution in [0.3, 0.4) is 0 Å². The summed E-state index contributed by atoms with van der Waals surface area (Å²) in [5.41, 5.74) is 4.28. The van der Waals surface area contributed by atoms with Crippen molar-refractivity contribution < 1.29 is 10.2 Å². The molecule has 2 unspecified atom stereocenters. The highest BCUT2D eigenvalue weighted by atomic mass is 16.3. The van der Waals surface area contributed by atoms with Gasteiger partial charge in [-0.2, -0.15) is 0 Å². The molecule has 0 aromatic rings. The Morgan fingerprint density at radius 1 is 1.67 bits per heavy atom. The minimum atomic E-state index is -0.972. The van der Waals surface area contributed by atoms with E-state index < -0.39 is 11.7 Å². The van der Waals surface area contributed by atoms with E-state index in [1.54, 1.807) is 0 Å². The Kier molecular flexibility index (Phi) is 1.75. The molecular formula is C6H13NO2. The summed E-state index contributed by atoms with van der Waals surface area (Å²) >= 11 is 0. The fourth-order valence-corrected chi connectivity index (χ4v) is 1.27. The van der Waals surface area contributed by atoms with Gasteiger partial charge in [0.2, 0.25) is 0 Å². The molecule has 0 aromatic carbocycles. The molecule has 0 saturated heterocycles. The van der Waals surface area contributed by atoms with Crippen LogP contribution in [0.2, 0.25) is 0 Å². The molecule has 2 atom stereocenters. The van der Waals surface area contributed by atoms with Crippen LogP contribution in [0.25, 0.3) is 0 Å². The van der Waals surface area contributed by atoms with Crippen LogP contribution >= 0.6 is 0 Å². The van der Waals surface area contributed by atoms with Crippen molar-refractivity contribution in [2.75, 3.05) is 6.54 Å². The molecule has 0 aliphatic heterocycles. The summed E-state index contributed by atoms with van der Waals surface area (Å²) in [4.78, 5) is 0. The van der Waals surface area contributed by atoms with E-state index >= 15 is 0 Å².